The largest absolute Gasteiger partial charge is 0.438 e. The van der Waals surface area contributed by atoms with E-state index in [-0.39, 0.29) is 11.9 Å². The van der Waals surface area contributed by atoms with Gasteiger partial charge in [0.05, 0.1) is 5.69 Å². The summed E-state index contributed by atoms with van der Waals surface area (Å²) >= 11 is 0. The first kappa shape index (κ1) is 18.0. The Hall–Kier alpha value is -2.82. The van der Waals surface area contributed by atoms with Crippen molar-refractivity contribution in [3.05, 3.63) is 53.6 Å². The van der Waals surface area contributed by atoms with Gasteiger partial charge >= 0.3 is 6.09 Å². The van der Waals surface area contributed by atoms with Crippen molar-refractivity contribution in [1.29, 1.82) is 0 Å². The van der Waals surface area contributed by atoms with Crippen LogP contribution in [0.3, 0.4) is 0 Å². The van der Waals surface area contributed by atoms with Crippen LogP contribution in [-0.2, 0) is 10.3 Å². The van der Waals surface area contributed by atoms with Crippen molar-refractivity contribution < 1.29 is 14.3 Å². The standard InChI is InChI=1S/C21H24N2O3/c1-5-21(6-2)18-13-17(11-12-19(18)23(4)20(25)26-21)22-16-9-7-15(8-10-16)14(3)24/h7-13,22H,5-6H2,1-4H3. The van der Waals surface area contributed by atoms with Crippen LogP contribution in [0.25, 0.3) is 0 Å². The fraction of sp³-hybridized carbons (Fsp3) is 0.333. The summed E-state index contributed by atoms with van der Waals surface area (Å²) in [5.41, 5.74) is 3.78. The number of carbonyl (C=O) groups is 2. The second-order valence-electron chi connectivity index (χ2n) is 6.62. The number of nitrogens with one attached hydrogen (secondary N) is 1. The molecule has 0 spiro atoms. The number of hydrogen-bond donors (Lipinski definition) is 1. The van der Waals surface area contributed by atoms with Crippen LogP contribution in [-0.4, -0.2) is 18.9 Å². The minimum Gasteiger partial charge on any atom is -0.438 e. The van der Waals surface area contributed by atoms with Gasteiger partial charge in [-0.15, -0.1) is 0 Å². The first-order valence-electron chi connectivity index (χ1n) is 8.89. The van der Waals surface area contributed by atoms with Crippen LogP contribution >= 0.6 is 0 Å². The number of cyclic esters (lactones) is 1. The second-order valence-corrected chi connectivity index (χ2v) is 6.62. The number of Topliss-reactive ketones (excluding diaryl/α,β-unsaturated/α-hetero) is 1. The molecule has 136 valence electrons. The summed E-state index contributed by atoms with van der Waals surface area (Å²) in [5.74, 6) is 0.0471. The molecule has 1 heterocycles. The van der Waals surface area contributed by atoms with E-state index in [0.717, 1.165) is 22.6 Å². The molecule has 1 aliphatic rings. The molecule has 0 atom stereocenters. The lowest BCUT2D eigenvalue weighted by Crippen LogP contribution is -2.43. The van der Waals surface area contributed by atoms with Crippen molar-refractivity contribution in [1.82, 2.24) is 0 Å². The molecule has 5 heteroatoms. The number of amides is 1. The van der Waals surface area contributed by atoms with Gasteiger partial charge in [0.1, 0.15) is 5.60 Å². The zero-order valence-corrected chi connectivity index (χ0v) is 15.6. The lowest BCUT2D eigenvalue weighted by molar-refractivity contribution is -0.000187. The Balaban J connectivity index is 1.96. The highest BCUT2D eigenvalue weighted by molar-refractivity contribution is 5.94. The Morgan fingerprint density at radius 2 is 1.69 bits per heavy atom. The van der Waals surface area contributed by atoms with Gasteiger partial charge in [-0.1, -0.05) is 13.8 Å². The average Bonchev–Trinajstić information content (AvgIpc) is 2.65. The molecule has 5 nitrogen and oxygen atoms in total. The Morgan fingerprint density at radius 3 is 2.27 bits per heavy atom. The van der Waals surface area contributed by atoms with E-state index >= 15 is 0 Å². The van der Waals surface area contributed by atoms with Crippen molar-refractivity contribution in [2.45, 2.75) is 39.2 Å². The summed E-state index contributed by atoms with van der Waals surface area (Å²) in [4.78, 5) is 25.2. The molecule has 0 radical (unpaired) electrons. The molecule has 0 aliphatic carbocycles. The number of hydrogen-bond acceptors (Lipinski definition) is 4. The number of ketones is 1. The molecule has 0 aromatic heterocycles. The van der Waals surface area contributed by atoms with E-state index in [1.807, 2.05) is 44.2 Å². The predicted octanol–water partition coefficient (Wildman–Crippen LogP) is 5.23. The zero-order valence-electron chi connectivity index (χ0n) is 15.6. The monoisotopic (exact) mass is 352 g/mol. The number of nitrogens with zero attached hydrogens (tertiary/aromatic N) is 1. The Labute approximate surface area is 154 Å². The number of anilines is 3. The number of fused-ring (bicyclic) bond motifs is 1. The number of ether oxygens (including phenoxy) is 1. The lowest BCUT2D eigenvalue weighted by Gasteiger charge is -2.41. The van der Waals surface area contributed by atoms with Gasteiger partial charge in [0.15, 0.2) is 5.78 Å². The van der Waals surface area contributed by atoms with Gasteiger partial charge in [-0.3, -0.25) is 9.69 Å². The minimum absolute atomic E-state index is 0.0471. The third-order valence-electron chi connectivity index (χ3n) is 5.13. The highest BCUT2D eigenvalue weighted by Crippen LogP contribution is 2.44. The van der Waals surface area contributed by atoms with Crippen LogP contribution in [0.5, 0.6) is 0 Å². The highest BCUT2D eigenvalue weighted by Gasteiger charge is 2.41. The summed E-state index contributed by atoms with van der Waals surface area (Å²) in [6.45, 7) is 5.62. The summed E-state index contributed by atoms with van der Waals surface area (Å²) in [5, 5.41) is 3.36. The van der Waals surface area contributed by atoms with Gasteiger partial charge in [0.25, 0.3) is 0 Å². The first-order valence-corrected chi connectivity index (χ1v) is 8.89. The normalized spacial score (nSPS) is 15.2. The van der Waals surface area contributed by atoms with Crippen molar-refractivity contribution in [2.75, 3.05) is 17.3 Å². The molecule has 0 fully saturated rings. The number of carbonyl (C=O) groups excluding carboxylic acids is 2. The number of rotatable bonds is 5. The molecule has 0 bridgehead atoms. The topological polar surface area (TPSA) is 58.6 Å². The molecule has 3 rings (SSSR count). The maximum absolute atomic E-state index is 12.2. The summed E-state index contributed by atoms with van der Waals surface area (Å²) < 4.78 is 5.78. The van der Waals surface area contributed by atoms with Gasteiger partial charge < -0.3 is 10.1 Å². The third kappa shape index (κ3) is 3.05. The van der Waals surface area contributed by atoms with Crippen LogP contribution in [0.2, 0.25) is 0 Å². The predicted molar refractivity (Wildman–Crippen MR) is 103 cm³/mol. The summed E-state index contributed by atoms with van der Waals surface area (Å²) in [6, 6.07) is 13.3. The van der Waals surface area contributed by atoms with E-state index in [2.05, 4.69) is 5.32 Å². The van der Waals surface area contributed by atoms with E-state index in [1.54, 1.807) is 31.0 Å². The summed E-state index contributed by atoms with van der Waals surface area (Å²) in [6.07, 6.45) is 1.11. The van der Waals surface area contributed by atoms with Crippen LogP contribution in [0.1, 0.15) is 49.5 Å². The molecular weight excluding hydrogens is 328 g/mol. The molecule has 26 heavy (non-hydrogen) atoms. The molecule has 1 aliphatic heterocycles. The van der Waals surface area contributed by atoms with E-state index in [9.17, 15) is 9.59 Å². The van der Waals surface area contributed by atoms with Gasteiger partial charge in [0, 0.05) is 29.5 Å². The van der Waals surface area contributed by atoms with Crippen molar-refractivity contribution in [3.63, 3.8) is 0 Å². The lowest BCUT2D eigenvalue weighted by atomic mass is 9.85. The fourth-order valence-electron chi connectivity index (χ4n) is 3.39. The van der Waals surface area contributed by atoms with Crippen LogP contribution in [0.4, 0.5) is 21.9 Å². The SMILES string of the molecule is CCC1(CC)OC(=O)N(C)c2ccc(Nc3ccc(C(C)=O)cc3)cc21. The van der Waals surface area contributed by atoms with Crippen LogP contribution < -0.4 is 10.2 Å². The van der Waals surface area contributed by atoms with E-state index in [0.29, 0.717) is 18.4 Å². The number of benzene rings is 2. The van der Waals surface area contributed by atoms with Gasteiger partial charge in [-0.25, -0.2) is 4.79 Å². The van der Waals surface area contributed by atoms with Crippen molar-refractivity contribution in [2.24, 2.45) is 0 Å². The third-order valence-corrected chi connectivity index (χ3v) is 5.13. The minimum atomic E-state index is -0.602. The van der Waals surface area contributed by atoms with E-state index < -0.39 is 5.60 Å². The molecular formula is C21H24N2O3. The van der Waals surface area contributed by atoms with Crippen molar-refractivity contribution in [3.8, 4) is 0 Å². The molecule has 1 N–H and O–H groups in total. The Bertz CT molecular complexity index is 839. The average molecular weight is 352 g/mol. The van der Waals surface area contributed by atoms with Gasteiger partial charge in [0.2, 0.25) is 0 Å². The van der Waals surface area contributed by atoms with Gasteiger partial charge in [-0.2, -0.15) is 0 Å². The molecule has 1 amide bonds. The quantitative estimate of drug-likeness (QED) is 0.748. The van der Waals surface area contributed by atoms with E-state index in [1.165, 1.54) is 0 Å². The first-order chi connectivity index (χ1) is 12.4. The Kier molecular flexibility index (Phi) is 4.72. The highest BCUT2D eigenvalue weighted by atomic mass is 16.6. The molecule has 2 aromatic carbocycles. The molecule has 0 saturated heterocycles. The van der Waals surface area contributed by atoms with E-state index in [4.69, 9.17) is 4.74 Å². The Morgan fingerprint density at radius 1 is 1.08 bits per heavy atom. The summed E-state index contributed by atoms with van der Waals surface area (Å²) in [7, 11) is 1.73. The second kappa shape index (κ2) is 6.83. The maximum atomic E-state index is 12.2. The van der Waals surface area contributed by atoms with Crippen molar-refractivity contribution >= 4 is 28.9 Å². The molecule has 0 unspecified atom stereocenters. The maximum Gasteiger partial charge on any atom is 0.414 e. The van der Waals surface area contributed by atoms with Crippen LogP contribution in [0, 0.1) is 0 Å². The van der Waals surface area contributed by atoms with Gasteiger partial charge in [-0.05, 0) is 62.2 Å². The fourth-order valence-corrected chi connectivity index (χ4v) is 3.39. The zero-order chi connectivity index (χ0) is 18.9. The molecule has 0 saturated carbocycles. The van der Waals surface area contributed by atoms with Crippen LogP contribution in [0.15, 0.2) is 42.5 Å². The smallest absolute Gasteiger partial charge is 0.414 e. The molecule has 2 aromatic rings.